The highest BCUT2D eigenvalue weighted by Gasteiger charge is 2.26. The number of aryl methyl sites for hydroxylation is 1. The van der Waals surface area contributed by atoms with Gasteiger partial charge < -0.3 is 15.4 Å². The Kier molecular flexibility index (Phi) is 2.68. The number of carboxylic acids is 1. The van der Waals surface area contributed by atoms with Crippen molar-refractivity contribution in [3.8, 4) is 0 Å². The molecule has 1 aliphatic heterocycles. The lowest BCUT2D eigenvalue weighted by molar-refractivity contribution is -0.142. The van der Waals surface area contributed by atoms with Crippen LogP contribution in [0.1, 0.15) is 18.1 Å². The second-order valence-corrected chi connectivity index (χ2v) is 3.76. The standard InChI is InChI=1S/C9H14N4O2/c10-4-3-8-12-11-7-2-1-6(9(14)15)5-13(7)8/h6H,1-5,10H2,(H,14,15). The van der Waals surface area contributed by atoms with Crippen molar-refractivity contribution in [2.24, 2.45) is 11.7 Å². The molecule has 2 rings (SSSR count). The monoisotopic (exact) mass is 210 g/mol. The molecule has 3 N–H and O–H groups in total. The van der Waals surface area contributed by atoms with Gasteiger partial charge in [-0.3, -0.25) is 4.79 Å². The third-order valence-electron chi connectivity index (χ3n) is 2.74. The van der Waals surface area contributed by atoms with E-state index < -0.39 is 5.97 Å². The van der Waals surface area contributed by atoms with E-state index in [0.29, 0.717) is 32.4 Å². The molecule has 6 heteroatoms. The van der Waals surface area contributed by atoms with Crippen molar-refractivity contribution < 1.29 is 9.90 Å². The molecule has 0 aromatic carbocycles. The molecule has 0 radical (unpaired) electrons. The summed E-state index contributed by atoms with van der Waals surface area (Å²) in [6.07, 6.45) is 1.99. The highest BCUT2D eigenvalue weighted by molar-refractivity contribution is 5.70. The minimum absolute atomic E-state index is 0.315. The van der Waals surface area contributed by atoms with Gasteiger partial charge in [-0.2, -0.15) is 0 Å². The van der Waals surface area contributed by atoms with Crippen LogP contribution < -0.4 is 5.73 Å². The number of nitrogens with zero attached hydrogens (tertiary/aromatic N) is 3. The zero-order valence-corrected chi connectivity index (χ0v) is 8.39. The van der Waals surface area contributed by atoms with Gasteiger partial charge in [0.25, 0.3) is 0 Å². The second-order valence-electron chi connectivity index (χ2n) is 3.76. The molecule has 0 amide bonds. The van der Waals surface area contributed by atoms with Crippen LogP contribution in [0.2, 0.25) is 0 Å². The Balaban J connectivity index is 2.22. The van der Waals surface area contributed by atoms with E-state index in [-0.39, 0.29) is 5.92 Å². The molecule has 0 aliphatic carbocycles. The van der Waals surface area contributed by atoms with E-state index in [2.05, 4.69) is 10.2 Å². The van der Waals surface area contributed by atoms with Gasteiger partial charge in [0, 0.05) is 19.4 Å². The maximum absolute atomic E-state index is 10.9. The number of aromatic nitrogens is 3. The van der Waals surface area contributed by atoms with Crippen LogP contribution in [0.4, 0.5) is 0 Å². The summed E-state index contributed by atoms with van der Waals surface area (Å²) >= 11 is 0. The van der Waals surface area contributed by atoms with Gasteiger partial charge in [0.05, 0.1) is 5.92 Å². The van der Waals surface area contributed by atoms with E-state index >= 15 is 0 Å². The lowest BCUT2D eigenvalue weighted by atomic mass is 9.99. The van der Waals surface area contributed by atoms with Crippen LogP contribution >= 0.6 is 0 Å². The Morgan fingerprint density at radius 3 is 3.07 bits per heavy atom. The van der Waals surface area contributed by atoms with Crippen LogP contribution in [0, 0.1) is 5.92 Å². The van der Waals surface area contributed by atoms with E-state index in [0.717, 1.165) is 11.6 Å². The van der Waals surface area contributed by atoms with Crippen molar-refractivity contribution in [1.29, 1.82) is 0 Å². The van der Waals surface area contributed by atoms with Crippen LogP contribution in [-0.2, 0) is 24.2 Å². The van der Waals surface area contributed by atoms with Gasteiger partial charge >= 0.3 is 5.97 Å². The number of hydrogen-bond donors (Lipinski definition) is 2. The third kappa shape index (κ3) is 1.85. The number of fused-ring (bicyclic) bond motifs is 1. The summed E-state index contributed by atoms with van der Waals surface area (Å²) in [7, 11) is 0. The molecule has 0 spiro atoms. The number of hydrogen-bond acceptors (Lipinski definition) is 4. The van der Waals surface area contributed by atoms with E-state index in [1.54, 1.807) is 0 Å². The predicted octanol–water partition coefficient (Wildman–Crippen LogP) is -0.574. The van der Waals surface area contributed by atoms with Crippen LogP contribution in [0.5, 0.6) is 0 Å². The third-order valence-corrected chi connectivity index (χ3v) is 2.74. The largest absolute Gasteiger partial charge is 0.481 e. The maximum Gasteiger partial charge on any atom is 0.308 e. The molecule has 15 heavy (non-hydrogen) atoms. The molecule has 1 aromatic rings. The molecule has 0 saturated heterocycles. The average Bonchev–Trinajstić information content (AvgIpc) is 2.61. The van der Waals surface area contributed by atoms with Gasteiger partial charge in [-0.05, 0) is 13.0 Å². The molecular weight excluding hydrogens is 196 g/mol. The number of carbonyl (C=O) groups is 1. The summed E-state index contributed by atoms with van der Waals surface area (Å²) in [4.78, 5) is 10.9. The fourth-order valence-corrected chi connectivity index (χ4v) is 1.90. The topological polar surface area (TPSA) is 94.0 Å². The van der Waals surface area contributed by atoms with Gasteiger partial charge in [-0.25, -0.2) is 0 Å². The lowest BCUT2D eigenvalue weighted by Gasteiger charge is -2.20. The lowest BCUT2D eigenvalue weighted by Crippen LogP contribution is -2.28. The van der Waals surface area contributed by atoms with Crippen molar-refractivity contribution in [2.75, 3.05) is 6.54 Å². The SMILES string of the molecule is NCCc1nnc2n1CC(C(=O)O)CC2. The van der Waals surface area contributed by atoms with Crippen molar-refractivity contribution in [1.82, 2.24) is 14.8 Å². The van der Waals surface area contributed by atoms with Crippen LogP contribution in [0.25, 0.3) is 0 Å². The summed E-state index contributed by atoms with van der Waals surface area (Å²) < 4.78 is 1.90. The highest BCUT2D eigenvalue weighted by Crippen LogP contribution is 2.20. The van der Waals surface area contributed by atoms with E-state index in [9.17, 15) is 4.79 Å². The van der Waals surface area contributed by atoms with Gasteiger partial charge in [0.1, 0.15) is 11.6 Å². The Morgan fingerprint density at radius 1 is 1.60 bits per heavy atom. The van der Waals surface area contributed by atoms with Gasteiger partial charge in [-0.15, -0.1) is 10.2 Å². The van der Waals surface area contributed by atoms with Crippen LogP contribution in [-0.4, -0.2) is 32.4 Å². The minimum atomic E-state index is -0.743. The van der Waals surface area contributed by atoms with E-state index in [4.69, 9.17) is 10.8 Å². The summed E-state index contributed by atoms with van der Waals surface area (Å²) in [6, 6.07) is 0. The first-order valence-electron chi connectivity index (χ1n) is 5.06. The first kappa shape index (κ1) is 10.1. The molecule has 0 bridgehead atoms. The number of rotatable bonds is 3. The first-order chi connectivity index (χ1) is 7.22. The molecule has 2 heterocycles. The summed E-state index contributed by atoms with van der Waals surface area (Å²) in [5.41, 5.74) is 5.45. The predicted molar refractivity (Wildman–Crippen MR) is 52.2 cm³/mol. The molecule has 6 nitrogen and oxygen atoms in total. The first-order valence-corrected chi connectivity index (χ1v) is 5.06. The smallest absolute Gasteiger partial charge is 0.308 e. The molecule has 1 aromatic heterocycles. The van der Waals surface area contributed by atoms with E-state index in [1.165, 1.54) is 0 Å². The molecule has 0 fully saturated rings. The molecule has 1 unspecified atom stereocenters. The number of carboxylic acid groups (broad SMARTS) is 1. The minimum Gasteiger partial charge on any atom is -0.481 e. The maximum atomic E-state index is 10.9. The van der Waals surface area contributed by atoms with Crippen molar-refractivity contribution in [2.45, 2.75) is 25.8 Å². The van der Waals surface area contributed by atoms with Crippen LogP contribution in [0.3, 0.4) is 0 Å². The Hall–Kier alpha value is -1.43. The van der Waals surface area contributed by atoms with Crippen molar-refractivity contribution >= 4 is 5.97 Å². The van der Waals surface area contributed by atoms with E-state index in [1.807, 2.05) is 4.57 Å². The zero-order chi connectivity index (χ0) is 10.8. The Labute approximate surface area is 87.1 Å². The molecule has 0 saturated carbocycles. The quantitative estimate of drug-likeness (QED) is 0.696. The van der Waals surface area contributed by atoms with Crippen LogP contribution in [0.15, 0.2) is 0 Å². The Bertz CT molecular complexity index is 374. The molecule has 82 valence electrons. The van der Waals surface area contributed by atoms with Gasteiger partial charge in [0.2, 0.25) is 0 Å². The zero-order valence-electron chi connectivity index (χ0n) is 8.39. The average molecular weight is 210 g/mol. The Morgan fingerprint density at radius 2 is 2.40 bits per heavy atom. The molecule has 1 atom stereocenters. The normalized spacial score (nSPS) is 19.9. The molecular formula is C9H14N4O2. The molecule has 1 aliphatic rings. The summed E-state index contributed by atoms with van der Waals surface area (Å²) in [6.45, 7) is 0.989. The second kappa shape index (κ2) is 3.98. The van der Waals surface area contributed by atoms with Gasteiger partial charge in [0.15, 0.2) is 0 Å². The van der Waals surface area contributed by atoms with Gasteiger partial charge in [-0.1, -0.05) is 0 Å². The van der Waals surface area contributed by atoms with Crippen molar-refractivity contribution in [3.63, 3.8) is 0 Å². The fraction of sp³-hybridized carbons (Fsp3) is 0.667. The highest BCUT2D eigenvalue weighted by atomic mass is 16.4. The summed E-state index contributed by atoms with van der Waals surface area (Å²) in [5.74, 6) is 0.632. The number of nitrogens with two attached hydrogens (primary N) is 1. The number of aliphatic carboxylic acids is 1. The fourth-order valence-electron chi connectivity index (χ4n) is 1.90. The summed E-state index contributed by atoms with van der Waals surface area (Å²) in [5, 5.41) is 17.0. The van der Waals surface area contributed by atoms with Crippen molar-refractivity contribution in [3.05, 3.63) is 11.6 Å².